The lowest BCUT2D eigenvalue weighted by molar-refractivity contribution is -0.481. The first-order valence-corrected chi connectivity index (χ1v) is 2.89. The van der Waals surface area contributed by atoms with Gasteiger partial charge >= 0.3 is 6.09 Å². The molecular formula is C6H9N2O2+. The number of aryl methyl sites for hydroxylation is 1. The third-order valence-electron chi connectivity index (χ3n) is 1.14. The lowest BCUT2D eigenvalue weighted by atomic mass is 10.5. The van der Waals surface area contributed by atoms with Crippen molar-refractivity contribution in [3.63, 3.8) is 0 Å². The summed E-state index contributed by atoms with van der Waals surface area (Å²) in [6.07, 6.45) is 1.20. The molecule has 0 aliphatic rings. The zero-order valence-electron chi connectivity index (χ0n) is 5.92. The van der Waals surface area contributed by atoms with E-state index in [0.29, 0.717) is 0 Å². The molecule has 4 heteroatoms. The van der Waals surface area contributed by atoms with Gasteiger partial charge in [-0.25, -0.2) is 4.79 Å². The predicted molar refractivity (Wildman–Crippen MR) is 33.5 cm³/mol. The number of ether oxygens (including phenoxy) is 1. The van der Waals surface area contributed by atoms with Crippen LogP contribution in [0.25, 0.3) is 0 Å². The van der Waals surface area contributed by atoms with Crippen molar-refractivity contribution in [1.29, 1.82) is 0 Å². The van der Waals surface area contributed by atoms with Crippen molar-refractivity contribution in [2.24, 2.45) is 0 Å². The summed E-state index contributed by atoms with van der Waals surface area (Å²) in [4.78, 5) is 10.7. The van der Waals surface area contributed by atoms with Gasteiger partial charge in [0.25, 0.3) is 0 Å². The average Bonchev–Trinajstić information content (AvgIpc) is 2.34. The van der Waals surface area contributed by atoms with Crippen LogP contribution in [0.3, 0.4) is 0 Å². The van der Waals surface area contributed by atoms with E-state index in [2.05, 4.69) is 9.84 Å². The number of carbonyl (C=O) groups excluding carboxylic acids is 1. The molecule has 0 aliphatic carbocycles. The van der Waals surface area contributed by atoms with Gasteiger partial charge in [-0.3, -0.25) is 0 Å². The molecule has 0 unspecified atom stereocenters. The molecule has 1 aromatic rings. The Morgan fingerprint density at radius 2 is 2.50 bits per heavy atom. The topological polar surface area (TPSA) is 45.4 Å². The largest absolute Gasteiger partial charge is 0.467 e. The van der Waals surface area contributed by atoms with Crippen LogP contribution in [0.1, 0.15) is 5.69 Å². The van der Waals surface area contributed by atoms with Gasteiger partial charge in [-0.15, -0.1) is 5.10 Å². The fraction of sp³-hybridized carbons (Fsp3) is 0.333. The molecular weight excluding hydrogens is 132 g/mol. The summed E-state index contributed by atoms with van der Waals surface area (Å²) in [5.74, 6) is 0. The summed E-state index contributed by atoms with van der Waals surface area (Å²) in [5.41, 5.74) is 0.922. The molecule has 1 aromatic heterocycles. The number of H-pyrrole nitrogens is 1. The molecule has 0 fully saturated rings. The van der Waals surface area contributed by atoms with E-state index in [1.807, 2.05) is 6.92 Å². The van der Waals surface area contributed by atoms with E-state index in [4.69, 9.17) is 0 Å². The zero-order chi connectivity index (χ0) is 7.56. The van der Waals surface area contributed by atoms with Crippen LogP contribution in [0.4, 0.5) is 4.79 Å². The number of aromatic amines is 1. The Balaban J connectivity index is 2.85. The van der Waals surface area contributed by atoms with Gasteiger partial charge in [0.2, 0.25) is 5.69 Å². The Labute approximate surface area is 58.4 Å². The molecule has 0 amide bonds. The lowest BCUT2D eigenvalue weighted by Gasteiger charge is -1.89. The summed E-state index contributed by atoms with van der Waals surface area (Å²) in [7, 11) is 1.34. The van der Waals surface area contributed by atoms with E-state index in [1.165, 1.54) is 11.8 Å². The number of hydrogen-bond acceptors (Lipinski definition) is 2. The molecule has 0 saturated heterocycles. The summed E-state index contributed by atoms with van der Waals surface area (Å²) >= 11 is 0. The first kappa shape index (κ1) is 6.80. The molecule has 0 aliphatic heterocycles. The van der Waals surface area contributed by atoms with E-state index in [9.17, 15) is 4.79 Å². The smallest absolute Gasteiger partial charge is 0.449 e. The van der Waals surface area contributed by atoms with Gasteiger partial charge in [0, 0.05) is 13.0 Å². The lowest BCUT2D eigenvalue weighted by Crippen LogP contribution is -2.26. The van der Waals surface area contributed by atoms with Crippen molar-refractivity contribution >= 4 is 6.09 Å². The summed E-state index contributed by atoms with van der Waals surface area (Å²) in [6.45, 7) is 1.86. The quantitative estimate of drug-likeness (QED) is 0.519. The van der Waals surface area contributed by atoms with Crippen LogP contribution in [-0.4, -0.2) is 17.9 Å². The highest BCUT2D eigenvalue weighted by molar-refractivity contribution is 5.67. The van der Waals surface area contributed by atoms with E-state index in [1.54, 1.807) is 12.3 Å². The Morgan fingerprint density at radius 3 is 2.90 bits per heavy atom. The highest BCUT2D eigenvalue weighted by Gasteiger charge is 2.08. The maximum atomic E-state index is 10.7. The van der Waals surface area contributed by atoms with Gasteiger partial charge < -0.3 is 4.74 Å². The van der Waals surface area contributed by atoms with E-state index in [0.717, 1.165) is 5.69 Å². The van der Waals surface area contributed by atoms with Crippen LogP contribution in [-0.2, 0) is 4.74 Å². The summed E-state index contributed by atoms with van der Waals surface area (Å²) in [5, 5.41) is 2.77. The molecule has 1 N–H and O–H groups in total. The van der Waals surface area contributed by atoms with Crippen molar-refractivity contribution in [3.8, 4) is 0 Å². The molecule has 54 valence electrons. The van der Waals surface area contributed by atoms with Crippen molar-refractivity contribution in [3.05, 3.63) is 18.0 Å². The number of carbonyl (C=O) groups is 1. The average molecular weight is 141 g/mol. The van der Waals surface area contributed by atoms with Gasteiger partial charge in [-0.1, -0.05) is 4.68 Å². The molecule has 0 atom stereocenters. The van der Waals surface area contributed by atoms with Crippen LogP contribution < -0.4 is 5.10 Å². The minimum atomic E-state index is -0.409. The van der Waals surface area contributed by atoms with Crippen LogP contribution in [0.15, 0.2) is 12.3 Å². The number of aromatic nitrogens is 2. The number of rotatable bonds is 0. The summed E-state index contributed by atoms with van der Waals surface area (Å²) in [6, 6.07) is 1.79. The zero-order valence-corrected chi connectivity index (χ0v) is 5.92. The van der Waals surface area contributed by atoms with Crippen LogP contribution >= 0.6 is 0 Å². The van der Waals surface area contributed by atoms with Crippen molar-refractivity contribution in [1.82, 2.24) is 4.68 Å². The second-order valence-electron chi connectivity index (χ2n) is 1.95. The predicted octanol–water partition coefficient (Wildman–Crippen LogP) is 0.225. The van der Waals surface area contributed by atoms with Gasteiger partial charge in [0.05, 0.1) is 13.3 Å². The minimum absolute atomic E-state index is 0.409. The van der Waals surface area contributed by atoms with Crippen molar-refractivity contribution in [2.75, 3.05) is 7.11 Å². The molecule has 0 radical (unpaired) electrons. The maximum Gasteiger partial charge on any atom is 0.467 e. The Hall–Kier alpha value is -1.32. The molecule has 0 saturated carbocycles. The van der Waals surface area contributed by atoms with Crippen LogP contribution in [0, 0.1) is 6.92 Å². The first-order valence-electron chi connectivity index (χ1n) is 2.89. The SMILES string of the molecule is COC(=O)n1ccc(C)[nH+]1. The van der Waals surface area contributed by atoms with Crippen LogP contribution in [0.2, 0.25) is 0 Å². The molecule has 10 heavy (non-hydrogen) atoms. The number of hydrogen-bond donors (Lipinski definition) is 0. The van der Waals surface area contributed by atoms with Crippen molar-refractivity contribution in [2.45, 2.75) is 6.92 Å². The standard InChI is InChI=1S/C6H8N2O2/c1-5-3-4-8(7-5)6(9)10-2/h3-4H,1-2H3/p+1. The third kappa shape index (κ3) is 1.15. The van der Waals surface area contributed by atoms with E-state index < -0.39 is 6.09 Å². The number of nitrogens with one attached hydrogen (secondary N) is 1. The maximum absolute atomic E-state index is 10.7. The first-order chi connectivity index (χ1) is 4.74. The fourth-order valence-corrected chi connectivity index (χ4v) is 0.656. The molecule has 0 spiro atoms. The van der Waals surface area contributed by atoms with E-state index in [-0.39, 0.29) is 0 Å². The Kier molecular flexibility index (Phi) is 1.71. The highest BCUT2D eigenvalue weighted by atomic mass is 16.5. The fourth-order valence-electron chi connectivity index (χ4n) is 0.656. The normalized spacial score (nSPS) is 9.40. The molecule has 0 aromatic carbocycles. The van der Waals surface area contributed by atoms with E-state index >= 15 is 0 Å². The van der Waals surface area contributed by atoms with Crippen molar-refractivity contribution < 1.29 is 14.6 Å². The molecule has 1 heterocycles. The monoisotopic (exact) mass is 141 g/mol. The Morgan fingerprint density at radius 1 is 1.80 bits per heavy atom. The van der Waals surface area contributed by atoms with Gasteiger partial charge in [0.1, 0.15) is 0 Å². The molecule has 4 nitrogen and oxygen atoms in total. The van der Waals surface area contributed by atoms with Gasteiger partial charge in [-0.2, -0.15) is 0 Å². The second-order valence-corrected chi connectivity index (χ2v) is 1.95. The molecule has 0 bridgehead atoms. The second kappa shape index (κ2) is 2.51. The van der Waals surface area contributed by atoms with Crippen LogP contribution in [0.5, 0.6) is 0 Å². The number of methoxy groups -OCH3 is 1. The van der Waals surface area contributed by atoms with Gasteiger partial charge in [0.15, 0.2) is 0 Å². The van der Waals surface area contributed by atoms with Gasteiger partial charge in [-0.05, 0) is 0 Å². The minimum Gasteiger partial charge on any atom is -0.449 e. The molecule has 1 rings (SSSR count). The highest BCUT2D eigenvalue weighted by Crippen LogP contribution is 1.86. The summed E-state index contributed by atoms with van der Waals surface area (Å²) < 4.78 is 5.72. The number of nitrogens with zero attached hydrogens (tertiary/aromatic N) is 1. The third-order valence-corrected chi connectivity index (χ3v) is 1.14. The Bertz CT molecular complexity index is 242.